The summed E-state index contributed by atoms with van der Waals surface area (Å²) in [5, 5.41) is 1.08. The molecule has 186 valence electrons. The maximum atomic E-state index is 6.59. The minimum absolute atomic E-state index is 0.00664. The van der Waals surface area contributed by atoms with E-state index in [9.17, 15) is 0 Å². The van der Waals surface area contributed by atoms with Crippen molar-refractivity contribution in [2.45, 2.75) is 65.9 Å². The molecule has 2 aromatic rings. The standard InChI is InChI=1S/C28H42N4OS/c1-6-28(5,19-33-27(3,4)22-10-7-11-22)18-32(15-16-34)25-20(2)26(30)31-24-17-21(9-8-14-29)12-13-23(24)25/h12-13,17,22,34H,6-7,10-11,14-16,18-19,29H2,1-5H3,(H2,30,31). The zero-order valence-corrected chi connectivity index (χ0v) is 22.5. The summed E-state index contributed by atoms with van der Waals surface area (Å²) in [7, 11) is 0. The van der Waals surface area contributed by atoms with E-state index >= 15 is 0 Å². The van der Waals surface area contributed by atoms with Gasteiger partial charge in [-0.15, -0.1) is 0 Å². The fourth-order valence-electron chi connectivity index (χ4n) is 4.69. The van der Waals surface area contributed by atoms with E-state index < -0.39 is 0 Å². The van der Waals surface area contributed by atoms with Crippen molar-refractivity contribution in [3.63, 3.8) is 0 Å². The van der Waals surface area contributed by atoms with E-state index in [1.807, 2.05) is 12.1 Å². The Morgan fingerprint density at radius 3 is 2.59 bits per heavy atom. The van der Waals surface area contributed by atoms with Crippen LogP contribution in [-0.2, 0) is 4.74 Å². The molecule has 0 aliphatic heterocycles. The molecule has 0 saturated heterocycles. The third kappa shape index (κ3) is 6.00. The van der Waals surface area contributed by atoms with Crippen molar-refractivity contribution in [2.24, 2.45) is 17.1 Å². The van der Waals surface area contributed by atoms with Gasteiger partial charge in [0.25, 0.3) is 0 Å². The molecule has 1 aromatic heterocycles. The highest BCUT2D eigenvalue weighted by atomic mass is 32.1. The maximum absolute atomic E-state index is 6.59. The van der Waals surface area contributed by atoms with Crippen LogP contribution in [0.3, 0.4) is 0 Å². The SMILES string of the molecule is CCC(C)(COC(C)(C)C1CCC1)CN(CCS)c1c(C)c(N)nc2cc(C#CCN)ccc12. The molecule has 6 heteroatoms. The van der Waals surface area contributed by atoms with Crippen LogP contribution in [0.15, 0.2) is 18.2 Å². The lowest BCUT2D eigenvalue weighted by Gasteiger charge is -2.44. The number of fused-ring (bicyclic) bond motifs is 1. The van der Waals surface area contributed by atoms with Crippen LogP contribution in [0.4, 0.5) is 11.5 Å². The number of benzene rings is 1. The Kier molecular flexibility index (Phi) is 8.78. The highest BCUT2D eigenvalue weighted by molar-refractivity contribution is 7.80. The van der Waals surface area contributed by atoms with Crippen LogP contribution >= 0.6 is 12.6 Å². The van der Waals surface area contributed by atoms with E-state index in [0.717, 1.165) is 59.6 Å². The first-order valence-corrected chi connectivity index (χ1v) is 13.2. The zero-order valence-electron chi connectivity index (χ0n) is 21.6. The van der Waals surface area contributed by atoms with Crippen molar-refractivity contribution in [2.75, 3.05) is 42.6 Å². The molecule has 34 heavy (non-hydrogen) atoms. The fourth-order valence-corrected chi connectivity index (χ4v) is 4.93. The number of nitrogens with two attached hydrogens (primary N) is 2. The van der Waals surface area contributed by atoms with E-state index in [1.54, 1.807) is 0 Å². The normalized spacial score (nSPS) is 16.0. The first-order chi connectivity index (χ1) is 16.1. The molecule has 1 aliphatic rings. The minimum Gasteiger partial charge on any atom is -0.383 e. The number of ether oxygens (including phenoxy) is 1. The van der Waals surface area contributed by atoms with Crippen molar-refractivity contribution in [3.8, 4) is 11.8 Å². The monoisotopic (exact) mass is 482 g/mol. The van der Waals surface area contributed by atoms with Crippen LogP contribution in [0.2, 0.25) is 0 Å². The van der Waals surface area contributed by atoms with Gasteiger partial charge in [-0.2, -0.15) is 12.6 Å². The van der Waals surface area contributed by atoms with Crippen LogP contribution in [0, 0.1) is 30.1 Å². The first kappa shape index (κ1) is 26.7. The predicted molar refractivity (Wildman–Crippen MR) is 149 cm³/mol. The van der Waals surface area contributed by atoms with Crippen LogP contribution in [0.5, 0.6) is 0 Å². The fraction of sp³-hybridized carbons (Fsp3) is 0.607. The molecule has 1 aliphatic carbocycles. The Balaban J connectivity index is 1.94. The third-order valence-electron chi connectivity index (χ3n) is 7.56. The molecular weight excluding hydrogens is 440 g/mol. The molecule has 1 unspecified atom stereocenters. The number of pyridine rings is 1. The van der Waals surface area contributed by atoms with Gasteiger partial charge in [0, 0.05) is 40.8 Å². The molecule has 0 amide bonds. The number of rotatable bonds is 10. The molecule has 3 rings (SSSR count). The summed E-state index contributed by atoms with van der Waals surface area (Å²) in [5.41, 5.74) is 15.7. The number of nitrogens with zero attached hydrogens (tertiary/aromatic N) is 2. The quantitative estimate of drug-likeness (QED) is 0.321. The number of thiol groups is 1. The Morgan fingerprint density at radius 1 is 1.26 bits per heavy atom. The van der Waals surface area contributed by atoms with Gasteiger partial charge in [-0.25, -0.2) is 4.98 Å². The van der Waals surface area contributed by atoms with Gasteiger partial charge in [-0.05, 0) is 64.2 Å². The number of hydrogen-bond acceptors (Lipinski definition) is 6. The van der Waals surface area contributed by atoms with Crippen LogP contribution in [-0.4, -0.2) is 42.6 Å². The van der Waals surface area contributed by atoms with Crippen LogP contribution < -0.4 is 16.4 Å². The molecule has 1 fully saturated rings. The van der Waals surface area contributed by atoms with Gasteiger partial charge in [-0.3, -0.25) is 0 Å². The molecule has 0 bridgehead atoms. The van der Waals surface area contributed by atoms with Gasteiger partial charge in [-0.1, -0.05) is 32.1 Å². The van der Waals surface area contributed by atoms with Crippen LogP contribution in [0.25, 0.3) is 10.9 Å². The number of aromatic nitrogens is 1. The van der Waals surface area contributed by atoms with Crippen molar-refractivity contribution < 1.29 is 4.74 Å². The van der Waals surface area contributed by atoms with Crippen molar-refractivity contribution in [1.29, 1.82) is 0 Å². The van der Waals surface area contributed by atoms with Gasteiger partial charge >= 0.3 is 0 Å². The summed E-state index contributed by atoms with van der Waals surface area (Å²) in [5.74, 6) is 7.99. The van der Waals surface area contributed by atoms with E-state index in [0.29, 0.717) is 18.3 Å². The van der Waals surface area contributed by atoms with E-state index in [2.05, 4.69) is 75.0 Å². The van der Waals surface area contributed by atoms with Crippen molar-refractivity contribution in [1.82, 2.24) is 4.98 Å². The molecule has 1 saturated carbocycles. The zero-order chi connectivity index (χ0) is 24.9. The maximum Gasteiger partial charge on any atom is 0.129 e. The Bertz CT molecular complexity index is 1050. The van der Waals surface area contributed by atoms with Crippen molar-refractivity contribution in [3.05, 3.63) is 29.3 Å². The summed E-state index contributed by atoms with van der Waals surface area (Å²) in [4.78, 5) is 7.10. The minimum atomic E-state index is -0.0757. The van der Waals surface area contributed by atoms with Gasteiger partial charge in [0.15, 0.2) is 0 Å². The van der Waals surface area contributed by atoms with E-state index in [4.69, 9.17) is 16.2 Å². The molecule has 1 aromatic carbocycles. The number of nitrogen functional groups attached to an aromatic ring is 1. The lowest BCUT2D eigenvalue weighted by Crippen LogP contribution is -2.45. The molecule has 1 heterocycles. The Labute approximate surface area is 211 Å². The Morgan fingerprint density at radius 2 is 2.00 bits per heavy atom. The van der Waals surface area contributed by atoms with Gasteiger partial charge in [0.2, 0.25) is 0 Å². The van der Waals surface area contributed by atoms with Crippen LogP contribution in [0.1, 0.15) is 64.5 Å². The summed E-state index contributed by atoms with van der Waals surface area (Å²) >= 11 is 4.59. The molecule has 0 spiro atoms. The average molecular weight is 483 g/mol. The summed E-state index contributed by atoms with van der Waals surface area (Å²) in [6.45, 7) is 13.9. The molecule has 1 atom stereocenters. The molecular formula is C28H42N4OS. The topological polar surface area (TPSA) is 77.4 Å². The first-order valence-electron chi connectivity index (χ1n) is 12.5. The van der Waals surface area contributed by atoms with Gasteiger partial charge < -0.3 is 21.1 Å². The van der Waals surface area contributed by atoms with Gasteiger partial charge in [0.1, 0.15) is 5.82 Å². The average Bonchev–Trinajstić information content (AvgIpc) is 2.75. The molecule has 0 radical (unpaired) electrons. The second kappa shape index (κ2) is 11.2. The second-order valence-corrected chi connectivity index (χ2v) is 11.0. The van der Waals surface area contributed by atoms with E-state index in [-0.39, 0.29) is 11.0 Å². The Hall–Kier alpha value is -1.94. The van der Waals surface area contributed by atoms with Crippen molar-refractivity contribution >= 4 is 35.0 Å². The smallest absolute Gasteiger partial charge is 0.129 e. The summed E-state index contributed by atoms with van der Waals surface area (Å²) in [6.07, 6.45) is 4.90. The number of anilines is 2. The second-order valence-electron chi connectivity index (χ2n) is 10.5. The molecule has 5 nitrogen and oxygen atoms in total. The highest BCUT2D eigenvalue weighted by Gasteiger charge is 2.37. The number of hydrogen-bond donors (Lipinski definition) is 3. The summed E-state index contributed by atoms with van der Waals surface area (Å²) < 4.78 is 6.59. The lowest BCUT2D eigenvalue weighted by molar-refractivity contribution is -0.109. The largest absolute Gasteiger partial charge is 0.383 e. The van der Waals surface area contributed by atoms with E-state index in [1.165, 1.54) is 19.3 Å². The lowest BCUT2D eigenvalue weighted by atomic mass is 9.74. The third-order valence-corrected chi connectivity index (χ3v) is 7.76. The summed E-state index contributed by atoms with van der Waals surface area (Å²) in [6, 6.07) is 6.14. The highest BCUT2D eigenvalue weighted by Crippen LogP contribution is 2.40. The predicted octanol–water partition coefficient (Wildman–Crippen LogP) is 5.18. The van der Waals surface area contributed by atoms with Gasteiger partial charge in [0.05, 0.1) is 30.0 Å². The molecule has 4 N–H and O–H groups in total.